The molecule has 1 heteroatoms. The van der Waals surface area contributed by atoms with Gasteiger partial charge in [-0.15, -0.1) is 0 Å². The maximum atomic E-state index is 11.1. The van der Waals surface area contributed by atoms with E-state index in [-0.39, 0.29) is 0 Å². The molecule has 23 heavy (non-hydrogen) atoms. The minimum Gasteiger partial charge on any atom is -0.294 e. The molecular weight excluding hydrogens is 280 g/mol. The molecule has 2 aliphatic rings. The van der Waals surface area contributed by atoms with E-state index in [4.69, 9.17) is 0 Å². The lowest BCUT2D eigenvalue weighted by atomic mass is 10.0. The number of carbonyl (C=O) groups excluding carboxylic acids is 1. The summed E-state index contributed by atoms with van der Waals surface area (Å²) < 4.78 is 0. The number of carbonyl (C=O) groups is 1. The first-order chi connectivity index (χ1) is 11.3. The molecule has 0 fully saturated rings. The first kappa shape index (κ1) is 14.0. The number of benzene rings is 3. The van der Waals surface area contributed by atoms with Gasteiger partial charge >= 0.3 is 0 Å². The monoisotopic (exact) mass is 298 g/mol. The highest BCUT2D eigenvalue weighted by Gasteiger charge is 2.17. The quantitative estimate of drug-likeness (QED) is 0.556. The van der Waals surface area contributed by atoms with Gasteiger partial charge in [0.2, 0.25) is 0 Å². The Kier molecular flexibility index (Phi) is 3.55. The fourth-order valence-electron chi connectivity index (χ4n) is 3.43. The van der Waals surface area contributed by atoms with Gasteiger partial charge in [0, 0.05) is 12.0 Å². The fourth-order valence-corrected chi connectivity index (χ4v) is 3.43. The summed E-state index contributed by atoms with van der Waals surface area (Å²) in [6.07, 6.45) is 7.18. The summed E-state index contributed by atoms with van der Waals surface area (Å²) in [6.45, 7) is 0. The number of allylic oxidation sites excluding steroid dienone is 1. The molecule has 0 saturated heterocycles. The van der Waals surface area contributed by atoms with Crippen molar-refractivity contribution >= 4 is 22.6 Å². The second-order valence-corrected chi connectivity index (χ2v) is 6.04. The van der Waals surface area contributed by atoms with Crippen LogP contribution in [-0.4, -0.2) is 5.78 Å². The second kappa shape index (κ2) is 5.85. The number of Topliss-reactive ketones (excluding diaryl/α,β-unsaturated/α-hetero) is 1. The average molecular weight is 298 g/mol. The Hall–Kier alpha value is -2.67. The van der Waals surface area contributed by atoms with Gasteiger partial charge in [0.15, 0.2) is 5.78 Å². The van der Waals surface area contributed by atoms with Crippen LogP contribution in [0.1, 0.15) is 33.5 Å². The third kappa shape index (κ3) is 2.59. The Morgan fingerprint density at radius 1 is 0.783 bits per heavy atom. The lowest BCUT2D eigenvalue weighted by Gasteiger charge is -2.03. The SMILES string of the molecule is C1=Cc2ccc3ccccc3c2C1.O=C1CCc2ccccc21. The maximum absolute atomic E-state index is 11.1. The number of fused-ring (bicyclic) bond motifs is 4. The highest BCUT2D eigenvalue weighted by Crippen LogP contribution is 2.27. The average Bonchev–Trinajstić information content (AvgIpc) is 3.23. The fraction of sp³-hybridized carbons (Fsp3) is 0.136. The Morgan fingerprint density at radius 2 is 1.61 bits per heavy atom. The molecule has 0 aliphatic heterocycles. The molecule has 0 unspecified atom stereocenters. The van der Waals surface area contributed by atoms with Crippen LogP contribution < -0.4 is 0 Å². The number of hydrogen-bond donors (Lipinski definition) is 0. The van der Waals surface area contributed by atoms with Crippen LogP contribution in [0.2, 0.25) is 0 Å². The number of aryl methyl sites for hydroxylation is 1. The van der Waals surface area contributed by atoms with E-state index < -0.39 is 0 Å². The van der Waals surface area contributed by atoms with E-state index in [0.717, 1.165) is 18.4 Å². The molecular formula is C22H18O. The van der Waals surface area contributed by atoms with Crippen LogP contribution >= 0.6 is 0 Å². The van der Waals surface area contributed by atoms with Gasteiger partial charge in [-0.1, -0.05) is 72.8 Å². The molecule has 0 bridgehead atoms. The van der Waals surface area contributed by atoms with E-state index in [2.05, 4.69) is 48.6 Å². The standard InChI is InChI=1S/C13H10.C9H8O/c1-2-6-12-10(4-1)8-9-11-5-3-7-13(11)12;10-9-6-5-7-3-1-2-4-8(7)9/h1-6,8-9H,7H2;1-4H,5-6H2. The van der Waals surface area contributed by atoms with Crippen LogP contribution in [0.4, 0.5) is 0 Å². The van der Waals surface area contributed by atoms with Crippen LogP contribution in [-0.2, 0) is 12.8 Å². The molecule has 0 saturated carbocycles. The Balaban J connectivity index is 0.000000122. The number of ketones is 1. The van der Waals surface area contributed by atoms with Crippen molar-refractivity contribution in [2.24, 2.45) is 0 Å². The van der Waals surface area contributed by atoms with Gasteiger partial charge in [0.1, 0.15) is 0 Å². The van der Waals surface area contributed by atoms with Crippen LogP contribution in [0.25, 0.3) is 16.8 Å². The van der Waals surface area contributed by atoms with E-state index >= 15 is 0 Å². The first-order valence-electron chi connectivity index (χ1n) is 8.11. The molecule has 0 spiro atoms. The number of rotatable bonds is 0. The zero-order valence-electron chi connectivity index (χ0n) is 13.0. The molecule has 0 aromatic heterocycles. The molecule has 1 nitrogen and oxygen atoms in total. The summed E-state index contributed by atoms with van der Waals surface area (Å²) in [7, 11) is 0. The summed E-state index contributed by atoms with van der Waals surface area (Å²) in [5, 5.41) is 2.76. The Morgan fingerprint density at radius 3 is 2.52 bits per heavy atom. The molecule has 112 valence electrons. The van der Waals surface area contributed by atoms with Crippen LogP contribution in [0.15, 0.2) is 66.7 Å². The zero-order valence-corrected chi connectivity index (χ0v) is 13.0. The van der Waals surface area contributed by atoms with Crippen molar-refractivity contribution in [3.8, 4) is 0 Å². The number of hydrogen-bond acceptors (Lipinski definition) is 1. The summed E-state index contributed by atoms with van der Waals surface area (Å²) in [5.41, 5.74) is 5.02. The summed E-state index contributed by atoms with van der Waals surface area (Å²) in [5.74, 6) is 0.301. The highest BCUT2D eigenvalue weighted by molar-refractivity contribution is 6.00. The predicted molar refractivity (Wildman–Crippen MR) is 95.8 cm³/mol. The summed E-state index contributed by atoms with van der Waals surface area (Å²) >= 11 is 0. The van der Waals surface area contributed by atoms with Gasteiger partial charge in [-0.25, -0.2) is 0 Å². The van der Waals surface area contributed by atoms with Crippen molar-refractivity contribution < 1.29 is 4.79 Å². The Bertz CT molecular complexity index is 918. The minimum absolute atomic E-state index is 0.301. The van der Waals surface area contributed by atoms with Gasteiger partial charge in [-0.05, 0) is 40.3 Å². The zero-order chi connectivity index (χ0) is 15.6. The van der Waals surface area contributed by atoms with E-state index in [1.165, 1.54) is 27.5 Å². The lowest BCUT2D eigenvalue weighted by Crippen LogP contribution is -1.88. The maximum Gasteiger partial charge on any atom is 0.163 e. The van der Waals surface area contributed by atoms with E-state index in [9.17, 15) is 4.79 Å². The molecule has 0 atom stereocenters. The van der Waals surface area contributed by atoms with Gasteiger partial charge in [-0.3, -0.25) is 4.79 Å². The topological polar surface area (TPSA) is 17.1 Å². The summed E-state index contributed by atoms with van der Waals surface area (Å²) in [6, 6.07) is 20.8. The molecule has 0 N–H and O–H groups in total. The summed E-state index contributed by atoms with van der Waals surface area (Å²) in [4.78, 5) is 11.1. The molecule has 0 heterocycles. The van der Waals surface area contributed by atoms with Gasteiger partial charge in [-0.2, -0.15) is 0 Å². The van der Waals surface area contributed by atoms with Gasteiger partial charge in [0.05, 0.1) is 0 Å². The molecule has 0 amide bonds. The van der Waals surface area contributed by atoms with Crippen molar-refractivity contribution in [3.05, 3.63) is 89.0 Å². The third-order valence-electron chi connectivity index (χ3n) is 4.64. The molecule has 3 aromatic rings. The minimum atomic E-state index is 0.301. The molecule has 2 aliphatic carbocycles. The van der Waals surface area contributed by atoms with Crippen molar-refractivity contribution in [1.82, 2.24) is 0 Å². The predicted octanol–water partition coefficient (Wildman–Crippen LogP) is 5.22. The van der Waals surface area contributed by atoms with Crippen LogP contribution in [0.3, 0.4) is 0 Å². The van der Waals surface area contributed by atoms with E-state index in [1.54, 1.807) is 0 Å². The van der Waals surface area contributed by atoms with Crippen molar-refractivity contribution in [3.63, 3.8) is 0 Å². The molecule has 3 aromatic carbocycles. The Labute approximate surface area is 136 Å². The third-order valence-corrected chi connectivity index (χ3v) is 4.64. The van der Waals surface area contributed by atoms with Gasteiger partial charge < -0.3 is 0 Å². The van der Waals surface area contributed by atoms with Crippen LogP contribution in [0.5, 0.6) is 0 Å². The van der Waals surface area contributed by atoms with Crippen molar-refractivity contribution in [2.45, 2.75) is 19.3 Å². The largest absolute Gasteiger partial charge is 0.294 e. The first-order valence-corrected chi connectivity index (χ1v) is 8.11. The van der Waals surface area contributed by atoms with Crippen LogP contribution in [0, 0.1) is 0 Å². The smallest absolute Gasteiger partial charge is 0.163 e. The van der Waals surface area contributed by atoms with Crippen molar-refractivity contribution in [2.75, 3.05) is 0 Å². The molecule has 0 radical (unpaired) electrons. The second-order valence-electron chi connectivity index (χ2n) is 6.04. The lowest BCUT2D eigenvalue weighted by molar-refractivity contribution is 0.0994. The molecule has 5 rings (SSSR count). The van der Waals surface area contributed by atoms with E-state index in [1.807, 2.05) is 24.3 Å². The highest BCUT2D eigenvalue weighted by atomic mass is 16.1. The van der Waals surface area contributed by atoms with Gasteiger partial charge in [0.25, 0.3) is 0 Å². The van der Waals surface area contributed by atoms with Crippen molar-refractivity contribution in [1.29, 1.82) is 0 Å². The normalized spacial score (nSPS) is 14.3. The van der Waals surface area contributed by atoms with E-state index in [0.29, 0.717) is 12.2 Å².